The first-order valence-electron chi connectivity index (χ1n) is 6.48. The number of para-hydroxylation sites is 1. The van der Waals surface area contributed by atoms with Crippen LogP contribution in [-0.4, -0.2) is 15.6 Å². The third-order valence-corrected chi connectivity index (χ3v) is 3.15. The predicted octanol–water partition coefficient (Wildman–Crippen LogP) is 2.81. The van der Waals surface area contributed by atoms with E-state index >= 15 is 0 Å². The SMILES string of the molecule is C[C@@H](Cn1ccnc1)NCc1cc2ccccc2o1. The van der Waals surface area contributed by atoms with Crippen molar-refractivity contribution in [1.82, 2.24) is 14.9 Å². The van der Waals surface area contributed by atoms with Gasteiger partial charge in [0.1, 0.15) is 11.3 Å². The summed E-state index contributed by atoms with van der Waals surface area (Å²) in [6.07, 6.45) is 5.60. The number of fused-ring (bicyclic) bond motifs is 1. The standard InChI is InChI=1S/C15H17N3O/c1-12(10-18-7-6-16-11-18)17-9-14-8-13-4-2-3-5-15(13)19-14/h2-8,11-12,17H,9-10H2,1H3/t12-/m0/s1. The van der Waals surface area contributed by atoms with E-state index in [0.717, 1.165) is 29.8 Å². The molecule has 98 valence electrons. The number of nitrogens with zero attached hydrogens (tertiary/aromatic N) is 2. The number of aromatic nitrogens is 2. The van der Waals surface area contributed by atoms with E-state index in [0.29, 0.717) is 6.04 Å². The third-order valence-electron chi connectivity index (χ3n) is 3.15. The van der Waals surface area contributed by atoms with E-state index in [9.17, 15) is 0 Å². The van der Waals surface area contributed by atoms with Gasteiger partial charge < -0.3 is 14.3 Å². The molecule has 0 unspecified atom stereocenters. The lowest BCUT2D eigenvalue weighted by molar-refractivity contribution is 0.439. The molecule has 3 rings (SSSR count). The summed E-state index contributed by atoms with van der Waals surface area (Å²) in [5, 5.41) is 4.61. The highest BCUT2D eigenvalue weighted by Crippen LogP contribution is 2.18. The predicted molar refractivity (Wildman–Crippen MR) is 74.7 cm³/mol. The zero-order valence-corrected chi connectivity index (χ0v) is 10.9. The minimum atomic E-state index is 0.363. The monoisotopic (exact) mass is 255 g/mol. The molecule has 1 atom stereocenters. The normalized spacial score (nSPS) is 12.9. The minimum Gasteiger partial charge on any atom is -0.460 e. The summed E-state index contributed by atoms with van der Waals surface area (Å²) in [6.45, 7) is 3.80. The molecule has 2 heterocycles. The molecule has 2 aromatic heterocycles. The second kappa shape index (κ2) is 5.28. The Morgan fingerprint density at radius 1 is 1.37 bits per heavy atom. The molecule has 0 aliphatic carbocycles. The molecule has 1 N–H and O–H groups in total. The van der Waals surface area contributed by atoms with Gasteiger partial charge in [0.05, 0.1) is 12.9 Å². The van der Waals surface area contributed by atoms with Gasteiger partial charge in [0.25, 0.3) is 0 Å². The van der Waals surface area contributed by atoms with Crippen LogP contribution in [0.3, 0.4) is 0 Å². The van der Waals surface area contributed by atoms with Gasteiger partial charge in [0.2, 0.25) is 0 Å². The summed E-state index contributed by atoms with van der Waals surface area (Å²) in [7, 11) is 0. The Bertz CT molecular complexity index is 609. The van der Waals surface area contributed by atoms with Crippen LogP contribution in [0, 0.1) is 0 Å². The molecule has 3 aromatic rings. The highest BCUT2D eigenvalue weighted by atomic mass is 16.3. The van der Waals surface area contributed by atoms with E-state index in [2.05, 4.69) is 33.9 Å². The van der Waals surface area contributed by atoms with Crippen LogP contribution in [0.15, 0.2) is 53.5 Å². The first-order valence-corrected chi connectivity index (χ1v) is 6.48. The highest BCUT2D eigenvalue weighted by Gasteiger charge is 2.06. The lowest BCUT2D eigenvalue weighted by Gasteiger charge is -2.13. The first-order chi connectivity index (χ1) is 9.31. The van der Waals surface area contributed by atoms with Gasteiger partial charge in [-0.05, 0) is 19.1 Å². The topological polar surface area (TPSA) is 43.0 Å². The Morgan fingerprint density at radius 3 is 3.05 bits per heavy atom. The van der Waals surface area contributed by atoms with Crippen LogP contribution in [0.4, 0.5) is 0 Å². The van der Waals surface area contributed by atoms with Crippen molar-refractivity contribution in [1.29, 1.82) is 0 Å². The maximum absolute atomic E-state index is 5.77. The van der Waals surface area contributed by atoms with Crippen LogP contribution in [0.2, 0.25) is 0 Å². The van der Waals surface area contributed by atoms with Gasteiger partial charge in [-0.1, -0.05) is 18.2 Å². The molecule has 0 amide bonds. The average Bonchev–Trinajstić information content (AvgIpc) is 3.04. The average molecular weight is 255 g/mol. The number of rotatable bonds is 5. The zero-order valence-electron chi connectivity index (χ0n) is 10.9. The molecule has 4 nitrogen and oxygen atoms in total. The maximum Gasteiger partial charge on any atom is 0.134 e. The van der Waals surface area contributed by atoms with Crippen LogP contribution in [0.1, 0.15) is 12.7 Å². The molecule has 19 heavy (non-hydrogen) atoms. The fourth-order valence-corrected chi connectivity index (χ4v) is 2.17. The summed E-state index contributed by atoms with van der Waals surface area (Å²) in [5.74, 6) is 0.971. The van der Waals surface area contributed by atoms with Gasteiger partial charge in [-0.15, -0.1) is 0 Å². The Morgan fingerprint density at radius 2 is 2.26 bits per heavy atom. The van der Waals surface area contributed by atoms with Gasteiger partial charge in [0, 0.05) is 30.4 Å². The van der Waals surface area contributed by atoms with E-state index in [1.165, 1.54) is 0 Å². The lowest BCUT2D eigenvalue weighted by atomic mass is 10.2. The fraction of sp³-hybridized carbons (Fsp3) is 0.267. The number of furan rings is 1. The van der Waals surface area contributed by atoms with E-state index in [1.807, 2.05) is 30.7 Å². The Kier molecular flexibility index (Phi) is 3.33. The maximum atomic E-state index is 5.77. The fourth-order valence-electron chi connectivity index (χ4n) is 2.17. The summed E-state index contributed by atoms with van der Waals surface area (Å²) in [5.41, 5.74) is 0.946. The number of hydrogen-bond donors (Lipinski definition) is 1. The first kappa shape index (κ1) is 12.0. The number of hydrogen-bond acceptors (Lipinski definition) is 3. The van der Waals surface area contributed by atoms with Crippen molar-refractivity contribution >= 4 is 11.0 Å². The molecule has 1 aromatic carbocycles. The minimum absolute atomic E-state index is 0.363. The summed E-state index contributed by atoms with van der Waals surface area (Å²) < 4.78 is 7.84. The molecule has 0 radical (unpaired) electrons. The van der Waals surface area contributed by atoms with Crippen molar-refractivity contribution in [3.63, 3.8) is 0 Å². The van der Waals surface area contributed by atoms with Crippen molar-refractivity contribution in [2.24, 2.45) is 0 Å². The molecule has 0 saturated heterocycles. The highest BCUT2D eigenvalue weighted by molar-refractivity contribution is 5.77. The van der Waals surface area contributed by atoms with Crippen molar-refractivity contribution in [3.05, 3.63) is 54.8 Å². The van der Waals surface area contributed by atoms with Crippen molar-refractivity contribution in [2.45, 2.75) is 26.1 Å². The van der Waals surface area contributed by atoms with E-state index in [-0.39, 0.29) is 0 Å². The molecular weight excluding hydrogens is 238 g/mol. The quantitative estimate of drug-likeness (QED) is 0.762. The summed E-state index contributed by atoms with van der Waals surface area (Å²) >= 11 is 0. The number of imidazole rings is 1. The Hall–Kier alpha value is -2.07. The summed E-state index contributed by atoms with van der Waals surface area (Å²) in [6, 6.07) is 10.5. The largest absolute Gasteiger partial charge is 0.460 e. The second-order valence-corrected chi connectivity index (χ2v) is 4.79. The molecule has 0 bridgehead atoms. The van der Waals surface area contributed by atoms with E-state index in [1.54, 1.807) is 6.20 Å². The lowest BCUT2D eigenvalue weighted by Crippen LogP contribution is -2.29. The van der Waals surface area contributed by atoms with Crippen LogP contribution in [0.25, 0.3) is 11.0 Å². The molecule has 0 spiro atoms. The second-order valence-electron chi connectivity index (χ2n) is 4.79. The summed E-state index contributed by atoms with van der Waals surface area (Å²) in [4.78, 5) is 4.04. The van der Waals surface area contributed by atoms with Gasteiger partial charge in [-0.3, -0.25) is 0 Å². The Labute approximate surface area is 112 Å². The van der Waals surface area contributed by atoms with Crippen LogP contribution in [0.5, 0.6) is 0 Å². The van der Waals surface area contributed by atoms with Crippen LogP contribution in [-0.2, 0) is 13.1 Å². The molecule has 0 aliphatic heterocycles. The van der Waals surface area contributed by atoms with Crippen LogP contribution < -0.4 is 5.32 Å². The molecular formula is C15H17N3O. The Balaban J connectivity index is 1.59. The molecule has 0 fully saturated rings. The number of nitrogens with one attached hydrogen (secondary N) is 1. The van der Waals surface area contributed by atoms with Gasteiger partial charge >= 0.3 is 0 Å². The third kappa shape index (κ3) is 2.85. The molecule has 4 heteroatoms. The van der Waals surface area contributed by atoms with Gasteiger partial charge in [-0.25, -0.2) is 4.98 Å². The van der Waals surface area contributed by atoms with Crippen LogP contribution >= 0.6 is 0 Å². The van der Waals surface area contributed by atoms with Gasteiger partial charge in [0.15, 0.2) is 0 Å². The number of benzene rings is 1. The van der Waals surface area contributed by atoms with Crippen molar-refractivity contribution in [3.8, 4) is 0 Å². The van der Waals surface area contributed by atoms with Gasteiger partial charge in [-0.2, -0.15) is 0 Å². The van der Waals surface area contributed by atoms with Crippen molar-refractivity contribution < 1.29 is 4.42 Å². The smallest absolute Gasteiger partial charge is 0.134 e. The van der Waals surface area contributed by atoms with Crippen molar-refractivity contribution in [2.75, 3.05) is 0 Å². The van der Waals surface area contributed by atoms with E-state index in [4.69, 9.17) is 4.42 Å². The molecule has 0 aliphatic rings. The zero-order chi connectivity index (χ0) is 13.1. The molecule has 0 saturated carbocycles. The van der Waals surface area contributed by atoms with E-state index < -0.39 is 0 Å².